The zero-order chi connectivity index (χ0) is 9.84. The monoisotopic (exact) mass is 241 g/mol. The number of halogens is 1. The van der Waals surface area contributed by atoms with Gasteiger partial charge in [0, 0.05) is 10.9 Å². The smallest absolute Gasteiger partial charge is 0.217 e. The molecule has 1 rings (SSSR count). The number of carbonyl (C=O) groups excluding carboxylic acids is 1. The molecule has 3 heteroatoms. The minimum Gasteiger partial charge on any atom is -0.370 e. The lowest BCUT2D eigenvalue weighted by atomic mass is 10.0. The normalized spacial score (nSPS) is 10.0. The zero-order valence-corrected chi connectivity index (χ0v) is 9.10. The highest BCUT2D eigenvalue weighted by atomic mass is 79.9. The van der Waals surface area contributed by atoms with E-state index in [1.165, 1.54) is 11.1 Å². The maximum atomic E-state index is 10.6. The van der Waals surface area contributed by atoms with Gasteiger partial charge in [0.1, 0.15) is 0 Å². The molecule has 0 aliphatic heterocycles. The quantitative estimate of drug-likeness (QED) is 0.867. The number of primary amides is 1. The summed E-state index contributed by atoms with van der Waals surface area (Å²) in [6.45, 7) is 2.03. The summed E-state index contributed by atoms with van der Waals surface area (Å²) in [5.74, 6) is -0.248. The SMILES string of the molecule is Cc1cc(Br)ccc1CCC(N)=O. The molecule has 0 aliphatic carbocycles. The third-order valence-electron chi connectivity index (χ3n) is 1.95. The first kappa shape index (κ1) is 10.3. The Morgan fingerprint density at radius 2 is 2.23 bits per heavy atom. The van der Waals surface area contributed by atoms with Gasteiger partial charge in [-0.05, 0) is 36.6 Å². The van der Waals surface area contributed by atoms with Gasteiger partial charge in [-0.3, -0.25) is 4.79 Å². The lowest BCUT2D eigenvalue weighted by molar-refractivity contribution is -0.117. The average Bonchev–Trinajstić information content (AvgIpc) is 2.02. The average molecular weight is 242 g/mol. The van der Waals surface area contributed by atoms with E-state index in [0.717, 1.165) is 10.9 Å². The van der Waals surface area contributed by atoms with Crippen molar-refractivity contribution in [1.82, 2.24) is 0 Å². The van der Waals surface area contributed by atoms with Crippen molar-refractivity contribution in [3.63, 3.8) is 0 Å². The molecule has 0 aliphatic rings. The molecule has 0 saturated heterocycles. The molecule has 0 fully saturated rings. The number of amides is 1. The molecule has 2 N–H and O–H groups in total. The summed E-state index contributed by atoms with van der Waals surface area (Å²) in [6, 6.07) is 6.03. The Bertz CT molecular complexity index is 323. The largest absolute Gasteiger partial charge is 0.370 e. The van der Waals surface area contributed by atoms with Crippen molar-refractivity contribution in [1.29, 1.82) is 0 Å². The van der Waals surface area contributed by atoms with Crippen molar-refractivity contribution in [3.05, 3.63) is 33.8 Å². The first-order valence-electron chi connectivity index (χ1n) is 4.13. The molecule has 0 unspecified atom stereocenters. The maximum absolute atomic E-state index is 10.6. The summed E-state index contributed by atoms with van der Waals surface area (Å²) < 4.78 is 1.06. The van der Waals surface area contributed by atoms with Crippen molar-refractivity contribution >= 4 is 21.8 Å². The molecule has 0 atom stereocenters. The van der Waals surface area contributed by atoms with Crippen LogP contribution >= 0.6 is 15.9 Å². The van der Waals surface area contributed by atoms with Gasteiger partial charge in [0.05, 0.1) is 0 Å². The van der Waals surface area contributed by atoms with Gasteiger partial charge in [0.25, 0.3) is 0 Å². The fourth-order valence-corrected chi connectivity index (χ4v) is 1.67. The Morgan fingerprint density at radius 1 is 1.54 bits per heavy atom. The van der Waals surface area contributed by atoms with Gasteiger partial charge >= 0.3 is 0 Å². The fourth-order valence-electron chi connectivity index (χ4n) is 1.20. The van der Waals surface area contributed by atoms with Crippen LogP contribution in [0.1, 0.15) is 17.5 Å². The van der Waals surface area contributed by atoms with Crippen molar-refractivity contribution < 1.29 is 4.79 Å². The maximum Gasteiger partial charge on any atom is 0.217 e. The highest BCUT2D eigenvalue weighted by molar-refractivity contribution is 9.10. The number of aryl methyl sites for hydroxylation is 2. The molecule has 0 spiro atoms. The van der Waals surface area contributed by atoms with Gasteiger partial charge in [-0.25, -0.2) is 0 Å². The summed E-state index contributed by atoms with van der Waals surface area (Å²) in [5.41, 5.74) is 7.44. The van der Waals surface area contributed by atoms with E-state index in [1.807, 2.05) is 25.1 Å². The first-order valence-corrected chi connectivity index (χ1v) is 4.92. The molecule has 70 valence electrons. The molecule has 2 nitrogen and oxygen atoms in total. The Hall–Kier alpha value is -0.830. The van der Waals surface area contributed by atoms with Gasteiger partial charge in [0.2, 0.25) is 5.91 Å². The lowest BCUT2D eigenvalue weighted by Gasteiger charge is -2.04. The predicted molar refractivity (Wildman–Crippen MR) is 56.4 cm³/mol. The van der Waals surface area contributed by atoms with Gasteiger partial charge in [-0.1, -0.05) is 22.0 Å². The number of carbonyl (C=O) groups is 1. The highest BCUT2D eigenvalue weighted by Gasteiger charge is 2.00. The first-order chi connectivity index (χ1) is 6.09. The van der Waals surface area contributed by atoms with Gasteiger partial charge in [0.15, 0.2) is 0 Å². The Balaban J connectivity index is 2.72. The van der Waals surface area contributed by atoms with Crippen molar-refractivity contribution in [2.75, 3.05) is 0 Å². The van der Waals surface area contributed by atoms with Crippen LogP contribution in [-0.2, 0) is 11.2 Å². The molecule has 13 heavy (non-hydrogen) atoms. The summed E-state index contributed by atoms with van der Waals surface area (Å²) >= 11 is 3.38. The van der Waals surface area contributed by atoms with Crippen LogP contribution in [0, 0.1) is 6.92 Å². The van der Waals surface area contributed by atoms with Gasteiger partial charge in [-0.2, -0.15) is 0 Å². The summed E-state index contributed by atoms with van der Waals surface area (Å²) in [7, 11) is 0. The third kappa shape index (κ3) is 3.19. The standard InChI is InChI=1S/C10H12BrNO/c1-7-6-9(11)4-2-8(7)3-5-10(12)13/h2,4,6H,3,5H2,1H3,(H2,12,13). The van der Waals surface area contributed by atoms with Crippen LogP contribution in [0.25, 0.3) is 0 Å². The van der Waals surface area contributed by atoms with E-state index in [0.29, 0.717) is 6.42 Å². The van der Waals surface area contributed by atoms with E-state index in [2.05, 4.69) is 15.9 Å². The topological polar surface area (TPSA) is 43.1 Å². The molecule has 0 radical (unpaired) electrons. The predicted octanol–water partition coefficient (Wildman–Crippen LogP) is 2.18. The molecular weight excluding hydrogens is 230 g/mol. The minimum absolute atomic E-state index is 0.248. The van der Waals surface area contributed by atoms with Gasteiger partial charge < -0.3 is 5.73 Å². The zero-order valence-electron chi connectivity index (χ0n) is 7.51. The summed E-state index contributed by atoms with van der Waals surface area (Å²) in [5, 5.41) is 0. The van der Waals surface area contributed by atoms with E-state index < -0.39 is 0 Å². The van der Waals surface area contributed by atoms with E-state index in [-0.39, 0.29) is 5.91 Å². The third-order valence-corrected chi connectivity index (χ3v) is 2.44. The van der Waals surface area contributed by atoms with Gasteiger partial charge in [-0.15, -0.1) is 0 Å². The lowest BCUT2D eigenvalue weighted by Crippen LogP contribution is -2.11. The van der Waals surface area contributed by atoms with Crippen LogP contribution < -0.4 is 5.73 Å². The van der Waals surface area contributed by atoms with Crippen molar-refractivity contribution in [3.8, 4) is 0 Å². The second kappa shape index (κ2) is 4.42. The Morgan fingerprint density at radius 3 is 2.77 bits per heavy atom. The van der Waals surface area contributed by atoms with Crippen LogP contribution in [-0.4, -0.2) is 5.91 Å². The number of rotatable bonds is 3. The van der Waals surface area contributed by atoms with Crippen LogP contribution in [0.15, 0.2) is 22.7 Å². The molecule has 0 bridgehead atoms. The van der Waals surface area contributed by atoms with Crippen LogP contribution in [0.3, 0.4) is 0 Å². The number of nitrogens with two attached hydrogens (primary N) is 1. The van der Waals surface area contributed by atoms with E-state index in [9.17, 15) is 4.79 Å². The summed E-state index contributed by atoms with van der Waals surface area (Å²) in [6.07, 6.45) is 1.15. The van der Waals surface area contributed by atoms with Crippen molar-refractivity contribution in [2.45, 2.75) is 19.8 Å². The van der Waals surface area contributed by atoms with Crippen molar-refractivity contribution in [2.24, 2.45) is 5.73 Å². The Labute approximate surface area is 86.3 Å². The Kier molecular flexibility index (Phi) is 3.48. The highest BCUT2D eigenvalue weighted by Crippen LogP contribution is 2.16. The molecule has 0 heterocycles. The van der Waals surface area contributed by atoms with Crippen LogP contribution in [0.5, 0.6) is 0 Å². The van der Waals surface area contributed by atoms with E-state index in [4.69, 9.17) is 5.73 Å². The van der Waals surface area contributed by atoms with Crippen LogP contribution in [0.2, 0.25) is 0 Å². The molecular formula is C10H12BrNO. The molecule has 0 saturated carbocycles. The second-order valence-corrected chi connectivity index (χ2v) is 3.95. The molecule has 0 aromatic heterocycles. The number of hydrogen-bond acceptors (Lipinski definition) is 1. The summed E-state index contributed by atoms with van der Waals surface area (Å²) in [4.78, 5) is 10.6. The fraction of sp³-hybridized carbons (Fsp3) is 0.300. The van der Waals surface area contributed by atoms with E-state index >= 15 is 0 Å². The second-order valence-electron chi connectivity index (χ2n) is 3.04. The van der Waals surface area contributed by atoms with Crippen LogP contribution in [0.4, 0.5) is 0 Å². The van der Waals surface area contributed by atoms with E-state index in [1.54, 1.807) is 0 Å². The number of hydrogen-bond donors (Lipinski definition) is 1. The molecule has 1 aromatic rings. The molecule has 1 aromatic carbocycles. The minimum atomic E-state index is -0.248. The number of benzene rings is 1. The molecule has 1 amide bonds.